The van der Waals surface area contributed by atoms with Crippen LogP contribution in [0.4, 0.5) is 0 Å². The average molecular weight is 575 g/mol. The quantitative estimate of drug-likeness (QED) is 0.317. The van der Waals surface area contributed by atoms with Gasteiger partial charge in [0.1, 0.15) is 12.7 Å². The summed E-state index contributed by atoms with van der Waals surface area (Å²) in [6, 6.07) is 0. The largest absolute Gasteiger partial charge is 0.459 e. The van der Waals surface area contributed by atoms with Crippen LogP contribution in [-0.4, -0.2) is 17.2 Å². The van der Waals surface area contributed by atoms with Gasteiger partial charge in [-0.05, 0) is 86.6 Å². The van der Waals surface area contributed by atoms with E-state index in [4.69, 9.17) is 9.84 Å². The first kappa shape index (κ1) is 17.1. The summed E-state index contributed by atoms with van der Waals surface area (Å²) in [4.78, 5) is 11.2. The number of carbonyl (C=O) groups excluding carboxylic acids is 1. The molecule has 0 amide bonds. The zero-order valence-electron chi connectivity index (χ0n) is 8.94. The molecule has 1 atom stereocenters. The summed E-state index contributed by atoms with van der Waals surface area (Å²) in [5.41, 5.74) is 0.756. The maximum atomic E-state index is 11.2. The molecular weight excluding hydrogens is 568 g/mol. The Morgan fingerprint density at radius 2 is 1.44 bits per heavy atom. The fraction of sp³-hybridized carbons (Fsp3) is 0.300. The molecule has 100 valence electrons. The minimum absolute atomic E-state index is 0.0510. The Morgan fingerprint density at radius 3 is 1.83 bits per heavy atom. The van der Waals surface area contributed by atoms with Crippen LogP contribution >= 0.6 is 79.6 Å². The number of aliphatic hydroxyl groups excluding tert-OH is 1. The lowest BCUT2D eigenvalue weighted by atomic mass is 10.2. The van der Waals surface area contributed by atoms with Gasteiger partial charge < -0.3 is 9.84 Å². The summed E-state index contributed by atoms with van der Waals surface area (Å²) < 4.78 is 8.98. The third-order valence-corrected chi connectivity index (χ3v) is 8.26. The number of aliphatic hydroxyl groups is 1. The molecule has 1 rings (SSSR count). The summed E-state index contributed by atoms with van der Waals surface area (Å²) in [5, 5.41) is 9.07. The topological polar surface area (TPSA) is 46.5 Å². The van der Waals surface area contributed by atoms with Crippen LogP contribution in [0, 0.1) is 0 Å². The van der Waals surface area contributed by atoms with Crippen LogP contribution in [0.5, 0.6) is 0 Å². The van der Waals surface area contributed by atoms with Crippen molar-refractivity contribution < 1.29 is 14.6 Å². The van der Waals surface area contributed by atoms with Crippen LogP contribution in [0.15, 0.2) is 22.4 Å². The van der Waals surface area contributed by atoms with Crippen LogP contribution in [-0.2, 0) is 16.1 Å². The molecule has 0 aliphatic rings. The molecule has 0 saturated heterocycles. The van der Waals surface area contributed by atoms with E-state index in [0.29, 0.717) is 0 Å². The van der Waals surface area contributed by atoms with Crippen molar-refractivity contribution in [1.82, 2.24) is 0 Å². The van der Waals surface area contributed by atoms with Gasteiger partial charge in [-0.25, -0.2) is 4.79 Å². The third kappa shape index (κ3) is 3.79. The summed E-state index contributed by atoms with van der Waals surface area (Å²) in [6.45, 7) is 1.41. The smallest absolute Gasteiger partial charge is 0.334 e. The van der Waals surface area contributed by atoms with Crippen molar-refractivity contribution in [3.8, 4) is 0 Å². The van der Waals surface area contributed by atoms with Gasteiger partial charge in [0.15, 0.2) is 0 Å². The molecule has 0 fully saturated rings. The van der Waals surface area contributed by atoms with E-state index in [2.05, 4.69) is 79.6 Å². The first-order chi connectivity index (χ1) is 8.27. The number of halogens is 5. The number of hydrogen-bond acceptors (Lipinski definition) is 3. The van der Waals surface area contributed by atoms with Gasteiger partial charge in [-0.15, -0.1) is 0 Å². The molecule has 1 N–H and O–H groups in total. The molecular formula is C10H7Br5O3. The van der Waals surface area contributed by atoms with Gasteiger partial charge in [-0.1, -0.05) is 0 Å². The van der Waals surface area contributed by atoms with Crippen LogP contribution in [0.3, 0.4) is 0 Å². The van der Waals surface area contributed by atoms with Crippen molar-refractivity contribution in [2.24, 2.45) is 0 Å². The number of esters is 1. The van der Waals surface area contributed by atoms with E-state index in [1.165, 1.54) is 6.92 Å². The van der Waals surface area contributed by atoms with E-state index in [9.17, 15) is 4.79 Å². The van der Waals surface area contributed by atoms with Crippen LogP contribution in [0.2, 0.25) is 0 Å². The molecule has 0 saturated carbocycles. The molecule has 18 heavy (non-hydrogen) atoms. The van der Waals surface area contributed by atoms with Gasteiger partial charge in [0.25, 0.3) is 0 Å². The molecule has 1 aromatic rings. The number of carbonyl (C=O) groups is 1. The van der Waals surface area contributed by atoms with Gasteiger partial charge in [-0.3, -0.25) is 0 Å². The van der Waals surface area contributed by atoms with Gasteiger partial charge >= 0.3 is 5.97 Å². The van der Waals surface area contributed by atoms with Crippen LogP contribution in [0.25, 0.3) is 0 Å². The Bertz CT molecular complexity index is 458. The molecule has 0 radical (unpaired) electrons. The highest BCUT2D eigenvalue weighted by Crippen LogP contribution is 2.44. The zero-order chi connectivity index (χ0) is 14.0. The molecule has 1 aromatic carbocycles. The van der Waals surface area contributed by atoms with E-state index in [1.807, 2.05) is 0 Å². The first-order valence-corrected chi connectivity index (χ1v) is 8.58. The van der Waals surface area contributed by atoms with Crippen molar-refractivity contribution in [2.75, 3.05) is 0 Å². The standard InChI is InChI=1S/C10H7Br5O3/c1-3(16)10(17)18-2-4-5(11)7(13)9(15)8(14)6(4)12/h3,16H,2H2,1H3. The molecule has 0 bridgehead atoms. The summed E-state index contributed by atoms with van der Waals surface area (Å²) in [5.74, 6) is -0.663. The van der Waals surface area contributed by atoms with E-state index in [1.54, 1.807) is 0 Å². The highest BCUT2D eigenvalue weighted by atomic mass is 79.9. The second-order valence-electron chi connectivity index (χ2n) is 3.33. The molecule has 0 spiro atoms. The highest BCUT2D eigenvalue weighted by Gasteiger charge is 2.19. The molecule has 0 heterocycles. The highest BCUT2D eigenvalue weighted by molar-refractivity contribution is 9.15. The number of hydrogen-bond donors (Lipinski definition) is 1. The third-order valence-electron chi connectivity index (χ3n) is 2.00. The van der Waals surface area contributed by atoms with Gasteiger partial charge in [-0.2, -0.15) is 0 Å². The molecule has 0 aliphatic carbocycles. The molecule has 0 aromatic heterocycles. The van der Waals surface area contributed by atoms with Gasteiger partial charge in [0, 0.05) is 27.9 Å². The Labute approximate surface area is 146 Å². The second-order valence-corrected chi connectivity index (χ2v) is 7.30. The van der Waals surface area contributed by atoms with Gasteiger partial charge in [0.2, 0.25) is 0 Å². The maximum absolute atomic E-state index is 11.2. The van der Waals surface area contributed by atoms with Crippen molar-refractivity contribution in [2.45, 2.75) is 19.6 Å². The molecule has 3 nitrogen and oxygen atoms in total. The number of ether oxygens (including phenoxy) is 1. The van der Waals surface area contributed by atoms with Crippen molar-refractivity contribution >= 4 is 85.6 Å². The Hall–Kier alpha value is 1.05. The Morgan fingerprint density at radius 1 is 1.06 bits per heavy atom. The van der Waals surface area contributed by atoms with E-state index in [-0.39, 0.29) is 6.61 Å². The summed E-state index contributed by atoms with van der Waals surface area (Å²) in [6.07, 6.45) is -1.13. The minimum atomic E-state index is -1.13. The van der Waals surface area contributed by atoms with Crippen molar-refractivity contribution in [3.05, 3.63) is 27.9 Å². The number of rotatable bonds is 3. The fourth-order valence-electron chi connectivity index (χ4n) is 1.04. The predicted molar refractivity (Wildman–Crippen MR) is 86.4 cm³/mol. The summed E-state index contributed by atoms with van der Waals surface area (Å²) in [7, 11) is 0. The normalized spacial score (nSPS) is 12.4. The van der Waals surface area contributed by atoms with E-state index < -0.39 is 12.1 Å². The van der Waals surface area contributed by atoms with E-state index >= 15 is 0 Å². The monoisotopic (exact) mass is 570 g/mol. The second kappa shape index (κ2) is 7.17. The average Bonchev–Trinajstić information content (AvgIpc) is 2.33. The summed E-state index contributed by atoms with van der Waals surface area (Å²) >= 11 is 17.1. The van der Waals surface area contributed by atoms with Crippen LogP contribution in [0.1, 0.15) is 12.5 Å². The fourth-order valence-corrected chi connectivity index (χ4v) is 4.40. The Balaban J connectivity index is 3.07. The van der Waals surface area contributed by atoms with Crippen LogP contribution < -0.4 is 0 Å². The van der Waals surface area contributed by atoms with Crippen molar-refractivity contribution in [3.63, 3.8) is 0 Å². The minimum Gasteiger partial charge on any atom is -0.459 e. The van der Waals surface area contributed by atoms with Gasteiger partial charge in [0.05, 0.1) is 0 Å². The van der Waals surface area contributed by atoms with Crippen molar-refractivity contribution in [1.29, 1.82) is 0 Å². The lowest BCUT2D eigenvalue weighted by Gasteiger charge is -2.14. The van der Waals surface area contributed by atoms with E-state index in [0.717, 1.165) is 27.9 Å². The first-order valence-electron chi connectivity index (χ1n) is 4.62. The molecule has 0 aliphatic heterocycles. The lowest BCUT2D eigenvalue weighted by molar-refractivity contribution is -0.153. The number of benzene rings is 1. The molecule has 1 unspecified atom stereocenters. The lowest BCUT2D eigenvalue weighted by Crippen LogP contribution is -2.19. The predicted octanol–water partition coefficient (Wildman–Crippen LogP) is 4.92. The SMILES string of the molecule is CC(O)C(=O)OCc1c(Br)c(Br)c(Br)c(Br)c1Br. The maximum Gasteiger partial charge on any atom is 0.334 e. The zero-order valence-corrected chi connectivity index (χ0v) is 16.9. The molecule has 8 heteroatoms. The Kier molecular flexibility index (Phi) is 6.81.